The summed E-state index contributed by atoms with van der Waals surface area (Å²) in [7, 11) is 1.78. The molecule has 3 aromatic rings. The summed E-state index contributed by atoms with van der Waals surface area (Å²) < 4.78 is 47.6. The quantitative estimate of drug-likeness (QED) is 0.670. The molecule has 3 rings (SSSR count). The Kier molecular flexibility index (Phi) is 4.87. The van der Waals surface area contributed by atoms with Crippen LogP contribution in [0.4, 0.5) is 18.9 Å². The average Bonchev–Trinajstić information content (AvgIpc) is 3.03. The second-order valence-electron chi connectivity index (χ2n) is 5.22. The monoisotopic (exact) mass is 349 g/mol. The van der Waals surface area contributed by atoms with E-state index < -0.39 is 6.61 Å². The van der Waals surface area contributed by atoms with Crippen LogP contribution in [-0.4, -0.2) is 23.8 Å². The summed E-state index contributed by atoms with van der Waals surface area (Å²) >= 11 is 0. The zero-order valence-corrected chi connectivity index (χ0v) is 13.2. The highest BCUT2D eigenvalue weighted by Crippen LogP contribution is 2.29. The van der Waals surface area contributed by atoms with Crippen molar-refractivity contribution in [2.75, 3.05) is 11.9 Å². The topological polar surface area (TPSA) is 51.4 Å². The average molecular weight is 349 g/mol. The van der Waals surface area contributed by atoms with E-state index in [-0.39, 0.29) is 29.8 Å². The van der Waals surface area contributed by atoms with E-state index >= 15 is 0 Å². The molecule has 0 saturated heterocycles. The number of hydrogen-bond acceptors (Lipinski definition) is 5. The summed E-state index contributed by atoms with van der Waals surface area (Å²) in [5, 5.41) is 3.82. The first-order chi connectivity index (χ1) is 12.0. The lowest BCUT2D eigenvalue weighted by atomic mass is 10.2. The van der Waals surface area contributed by atoms with Crippen molar-refractivity contribution in [2.24, 2.45) is 0 Å². The lowest BCUT2D eigenvalue weighted by Gasteiger charge is -2.16. The molecule has 0 aliphatic carbocycles. The van der Waals surface area contributed by atoms with Crippen LogP contribution in [0.1, 0.15) is 5.89 Å². The van der Waals surface area contributed by atoms with E-state index in [4.69, 9.17) is 4.52 Å². The first-order valence-corrected chi connectivity index (χ1v) is 7.36. The third kappa shape index (κ3) is 4.09. The molecule has 0 bridgehead atoms. The van der Waals surface area contributed by atoms with E-state index in [1.165, 1.54) is 18.2 Å². The SMILES string of the molecule is CN(Cc1nc(-c2ccccc2OC(F)F)no1)c1ccc(F)cc1. The highest BCUT2D eigenvalue weighted by molar-refractivity contribution is 5.63. The van der Waals surface area contributed by atoms with Gasteiger partial charge in [-0.25, -0.2) is 4.39 Å². The molecule has 0 spiro atoms. The number of hydrogen-bond donors (Lipinski definition) is 0. The standard InChI is InChI=1S/C17H14F3N3O2/c1-23(12-8-6-11(18)7-9-12)10-15-21-16(22-25-15)13-4-2-3-5-14(13)24-17(19)20/h2-9,17H,10H2,1H3. The van der Waals surface area contributed by atoms with E-state index in [2.05, 4.69) is 14.9 Å². The van der Waals surface area contributed by atoms with Crippen molar-refractivity contribution >= 4 is 5.69 Å². The third-order valence-corrected chi connectivity index (χ3v) is 3.45. The molecule has 0 fully saturated rings. The molecule has 2 aromatic carbocycles. The van der Waals surface area contributed by atoms with Gasteiger partial charge in [-0.2, -0.15) is 13.8 Å². The number of halogens is 3. The van der Waals surface area contributed by atoms with Gasteiger partial charge in [-0.05, 0) is 36.4 Å². The largest absolute Gasteiger partial charge is 0.434 e. The molecular formula is C17H14F3N3O2. The lowest BCUT2D eigenvalue weighted by molar-refractivity contribution is -0.0494. The number of benzene rings is 2. The summed E-state index contributed by atoms with van der Waals surface area (Å²) in [6.45, 7) is -2.67. The molecule has 0 atom stereocenters. The van der Waals surface area contributed by atoms with Crippen LogP contribution in [0.2, 0.25) is 0 Å². The summed E-state index contributed by atoms with van der Waals surface area (Å²) in [5.74, 6) is 0.0806. The van der Waals surface area contributed by atoms with Gasteiger partial charge in [-0.3, -0.25) is 0 Å². The second-order valence-corrected chi connectivity index (χ2v) is 5.22. The fourth-order valence-electron chi connectivity index (χ4n) is 2.27. The van der Waals surface area contributed by atoms with Crippen molar-refractivity contribution < 1.29 is 22.4 Å². The van der Waals surface area contributed by atoms with Crippen LogP contribution in [0.3, 0.4) is 0 Å². The van der Waals surface area contributed by atoms with Crippen molar-refractivity contribution in [1.29, 1.82) is 0 Å². The number of para-hydroxylation sites is 1. The van der Waals surface area contributed by atoms with Gasteiger partial charge in [0.15, 0.2) is 0 Å². The molecule has 0 saturated carbocycles. The maximum absolute atomic E-state index is 13.0. The van der Waals surface area contributed by atoms with Gasteiger partial charge >= 0.3 is 6.61 Å². The molecule has 1 heterocycles. The van der Waals surface area contributed by atoms with Crippen LogP contribution >= 0.6 is 0 Å². The molecule has 0 unspecified atom stereocenters. The van der Waals surface area contributed by atoms with Gasteiger partial charge in [-0.15, -0.1) is 0 Å². The van der Waals surface area contributed by atoms with Crippen molar-refractivity contribution in [1.82, 2.24) is 10.1 Å². The Hall–Kier alpha value is -3.03. The maximum Gasteiger partial charge on any atom is 0.387 e. The minimum Gasteiger partial charge on any atom is -0.434 e. The number of ether oxygens (including phenoxy) is 1. The molecule has 1 aromatic heterocycles. The number of nitrogens with zero attached hydrogens (tertiary/aromatic N) is 3. The van der Waals surface area contributed by atoms with Gasteiger partial charge in [0, 0.05) is 12.7 Å². The van der Waals surface area contributed by atoms with E-state index in [9.17, 15) is 13.2 Å². The predicted molar refractivity (Wildman–Crippen MR) is 84.9 cm³/mol. The van der Waals surface area contributed by atoms with Crippen molar-refractivity contribution in [3.63, 3.8) is 0 Å². The number of rotatable bonds is 6. The van der Waals surface area contributed by atoms with Crippen molar-refractivity contribution in [3.05, 3.63) is 60.2 Å². The Morgan fingerprint density at radius 2 is 1.84 bits per heavy atom. The molecule has 0 amide bonds. The van der Waals surface area contributed by atoms with Gasteiger partial charge in [0.1, 0.15) is 11.6 Å². The molecule has 130 valence electrons. The van der Waals surface area contributed by atoms with E-state index in [1.54, 1.807) is 42.3 Å². The Morgan fingerprint density at radius 3 is 2.56 bits per heavy atom. The summed E-state index contributed by atoms with van der Waals surface area (Å²) in [6, 6.07) is 12.2. The summed E-state index contributed by atoms with van der Waals surface area (Å²) in [4.78, 5) is 6.00. The zero-order valence-electron chi connectivity index (χ0n) is 13.2. The normalized spacial score (nSPS) is 10.9. The number of anilines is 1. The highest BCUT2D eigenvalue weighted by atomic mass is 19.3. The molecular weight excluding hydrogens is 335 g/mol. The Balaban J connectivity index is 1.78. The van der Waals surface area contributed by atoms with Gasteiger partial charge in [0.05, 0.1) is 12.1 Å². The number of alkyl halides is 2. The zero-order chi connectivity index (χ0) is 17.8. The van der Waals surface area contributed by atoms with E-state index in [1.807, 2.05) is 0 Å². The summed E-state index contributed by atoms with van der Waals surface area (Å²) in [6.07, 6.45) is 0. The molecule has 0 aliphatic heterocycles. The van der Waals surface area contributed by atoms with Crippen LogP contribution in [0.15, 0.2) is 53.1 Å². The smallest absolute Gasteiger partial charge is 0.387 e. The van der Waals surface area contributed by atoms with Gasteiger partial charge < -0.3 is 14.2 Å². The fraction of sp³-hybridized carbons (Fsp3) is 0.176. The van der Waals surface area contributed by atoms with Gasteiger partial charge in [0.2, 0.25) is 11.7 Å². The van der Waals surface area contributed by atoms with E-state index in [0.717, 1.165) is 5.69 Å². The van der Waals surface area contributed by atoms with E-state index in [0.29, 0.717) is 5.56 Å². The van der Waals surface area contributed by atoms with Gasteiger partial charge in [-0.1, -0.05) is 17.3 Å². The van der Waals surface area contributed by atoms with Crippen LogP contribution in [0, 0.1) is 5.82 Å². The maximum atomic E-state index is 13.0. The first-order valence-electron chi connectivity index (χ1n) is 7.36. The van der Waals surface area contributed by atoms with Crippen LogP contribution < -0.4 is 9.64 Å². The molecule has 0 aliphatic rings. The third-order valence-electron chi connectivity index (χ3n) is 3.45. The lowest BCUT2D eigenvalue weighted by Crippen LogP contribution is -2.16. The van der Waals surface area contributed by atoms with Crippen LogP contribution in [0.25, 0.3) is 11.4 Å². The Labute approximate surface area is 141 Å². The highest BCUT2D eigenvalue weighted by Gasteiger charge is 2.16. The molecule has 25 heavy (non-hydrogen) atoms. The van der Waals surface area contributed by atoms with Crippen molar-refractivity contribution in [3.8, 4) is 17.1 Å². The molecule has 8 heteroatoms. The first kappa shape index (κ1) is 16.8. The van der Waals surface area contributed by atoms with Crippen LogP contribution in [-0.2, 0) is 6.54 Å². The minimum atomic E-state index is -2.95. The van der Waals surface area contributed by atoms with Crippen molar-refractivity contribution in [2.45, 2.75) is 13.2 Å². The molecule has 5 nitrogen and oxygen atoms in total. The van der Waals surface area contributed by atoms with Crippen LogP contribution in [0.5, 0.6) is 5.75 Å². The Morgan fingerprint density at radius 1 is 1.12 bits per heavy atom. The van der Waals surface area contributed by atoms with Gasteiger partial charge in [0.25, 0.3) is 0 Å². The second kappa shape index (κ2) is 7.25. The molecule has 0 N–H and O–H groups in total. The summed E-state index contributed by atoms with van der Waals surface area (Å²) in [5.41, 5.74) is 1.07. The number of aromatic nitrogens is 2. The fourth-order valence-corrected chi connectivity index (χ4v) is 2.27. The Bertz CT molecular complexity index is 837. The minimum absolute atomic E-state index is 0.0308. The predicted octanol–water partition coefficient (Wildman–Crippen LogP) is 4.11. The molecule has 0 radical (unpaired) electrons.